The molecule has 1 heterocycles. The molecule has 5 nitrogen and oxygen atoms in total. The van der Waals surface area contributed by atoms with Crippen molar-refractivity contribution in [2.24, 2.45) is 0 Å². The topological polar surface area (TPSA) is 62.7 Å². The van der Waals surface area contributed by atoms with Crippen LogP contribution in [0.5, 0.6) is 0 Å². The molecule has 0 radical (unpaired) electrons. The average molecular weight is 360 g/mol. The second kappa shape index (κ2) is 6.48. The summed E-state index contributed by atoms with van der Waals surface area (Å²) < 4.78 is 14.6. The molecule has 0 aliphatic heterocycles. The van der Waals surface area contributed by atoms with Gasteiger partial charge in [0.1, 0.15) is 5.82 Å². The summed E-state index contributed by atoms with van der Waals surface area (Å²) in [5, 5.41) is 13.7. The van der Waals surface area contributed by atoms with Gasteiger partial charge in [0.25, 0.3) is 0 Å². The van der Waals surface area contributed by atoms with Gasteiger partial charge >= 0.3 is 0 Å². The molecule has 0 unspecified atom stereocenters. The highest BCUT2D eigenvalue weighted by Gasteiger charge is 2.05. The Labute approximate surface area is 134 Å². The van der Waals surface area contributed by atoms with E-state index in [1.807, 2.05) is 24.3 Å². The monoisotopic (exact) mass is 359 g/mol. The lowest BCUT2D eigenvalue weighted by molar-refractivity contribution is 0.632. The number of nitrogens with one attached hydrogen (secondary N) is 2. The zero-order chi connectivity index (χ0) is 15.4. The molecule has 0 fully saturated rings. The van der Waals surface area contributed by atoms with Crippen molar-refractivity contribution in [2.75, 3.05) is 10.6 Å². The van der Waals surface area contributed by atoms with Crippen LogP contribution in [0.25, 0.3) is 0 Å². The van der Waals surface area contributed by atoms with Crippen LogP contribution in [0.1, 0.15) is 0 Å². The molecule has 0 bridgehead atoms. The predicted molar refractivity (Wildman–Crippen MR) is 86.9 cm³/mol. The van der Waals surface area contributed by atoms with Gasteiger partial charge in [-0.15, -0.1) is 5.10 Å². The quantitative estimate of drug-likeness (QED) is 0.728. The Hall–Kier alpha value is -2.54. The normalized spacial score (nSPS) is 10.3. The maximum absolute atomic E-state index is 13.6. The fourth-order valence-corrected chi connectivity index (χ4v) is 2.04. The molecule has 2 N–H and O–H groups in total. The van der Waals surface area contributed by atoms with Crippen molar-refractivity contribution >= 4 is 39.1 Å². The molecule has 0 saturated heterocycles. The lowest BCUT2D eigenvalue weighted by atomic mass is 10.3. The van der Waals surface area contributed by atoms with Crippen molar-refractivity contribution in [3.63, 3.8) is 0 Å². The van der Waals surface area contributed by atoms with Crippen molar-refractivity contribution in [1.29, 1.82) is 0 Å². The molecule has 0 saturated carbocycles. The van der Waals surface area contributed by atoms with Crippen LogP contribution >= 0.6 is 15.9 Å². The lowest BCUT2D eigenvalue weighted by Crippen LogP contribution is -2.03. The first-order chi connectivity index (χ1) is 10.7. The second-order valence-electron chi connectivity index (χ2n) is 4.40. The molecule has 1 aromatic heterocycles. The molecule has 0 aliphatic carbocycles. The van der Waals surface area contributed by atoms with Gasteiger partial charge in [-0.1, -0.05) is 28.1 Å². The van der Waals surface area contributed by atoms with Crippen LogP contribution in [0.2, 0.25) is 0 Å². The maximum Gasteiger partial charge on any atom is 0.249 e. The smallest absolute Gasteiger partial charge is 0.249 e. The first-order valence-corrected chi connectivity index (χ1v) is 7.24. The van der Waals surface area contributed by atoms with Crippen molar-refractivity contribution in [2.45, 2.75) is 0 Å². The Morgan fingerprint density at radius 2 is 1.73 bits per heavy atom. The molecule has 2 aromatic carbocycles. The first kappa shape index (κ1) is 14.4. The van der Waals surface area contributed by atoms with Crippen LogP contribution in [0, 0.1) is 5.82 Å². The molecule has 110 valence electrons. The molecule has 7 heteroatoms. The van der Waals surface area contributed by atoms with E-state index in [4.69, 9.17) is 0 Å². The molecule has 0 atom stereocenters. The number of para-hydroxylation sites is 1. The predicted octanol–water partition coefficient (Wildman–Crippen LogP) is 4.26. The standard InChI is InChI=1S/C15H11BrFN5/c16-10-5-7-11(8-6-10)19-15-21-14(9-18-22-15)20-13-4-2-1-3-12(13)17/h1-9H,(H2,19,20,21,22). The van der Waals surface area contributed by atoms with Gasteiger partial charge < -0.3 is 10.6 Å². The van der Waals surface area contributed by atoms with Crippen LogP contribution in [0.3, 0.4) is 0 Å². The van der Waals surface area contributed by atoms with Crippen molar-refractivity contribution < 1.29 is 4.39 Å². The van der Waals surface area contributed by atoms with Gasteiger partial charge in [0.2, 0.25) is 5.95 Å². The van der Waals surface area contributed by atoms with E-state index in [2.05, 4.69) is 41.7 Å². The van der Waals surface area contributed by atoms with Gasteiger partial charge in [0.15, 0.2) is 5.82 Å². The van der Waals surface area contributed by atoms with E-state index in [1.165, 1.54) is 12.3 Å². The van der Waals surface area contributed by atoms with E-state index in [1.54, 1.807) is 18.2 Å². The number of hydrogen-bond acceptors (Lipinski definition) is 5. The molecule has 0 spiro atoms. The Morgan fingerprint density at radius 1 is 0.955 bits per heavy atom. The number of anilines is 4. The summed E-state index contributed by atoms with van der Waals surface area (Å²) >= 11 is 3.37. The Kier molecular flexibility index (Phi) is 4.24. The number of hydrogen-bond donors (Lipinski definition) is 2. The summed E-state index contributed by atoms with van der Waals surface area (Å²) in [5.41, 5.74) is 1.16. The number of nitrogens with zero attached hydrogens (tertiary/aromatic N) is 3. The molecule has 0 amide bonds. The maximum atomic E-state index is 13.6. The molecule has 3 rings (SSSR count). The summed E-state index contributed by atoms with van der Waals surface area (Å²) in [4.78, 5) is 4.25. The van der Waals surface area contributed by atoms with E-state index in [9.17, 15) is 4.39 Å². The highest BCUT2D eigenvalue weighted by molar-refractivity contribution is 9.10. The number of rotatable bonds is 4. The largest absolute Gasteiger partial charge is 0.336 e. The number of halogens is 2. The SMILES string of the molecule is Fc1ccccc1Nc1cnnc(Nc2ccc(Br)cc2)n1. The Balaban J connectivity index is 1.78. The van der Waals surface area contributed by atoms with Gasteiger partial charge in [0.05, 0.1) is 11.9 Å². The molecular weight excluding hydrogens is 349 g/mol. The van der Waals surface area contributed by atoms with Crippen molar-refractivity contribution in [1.82, 2.24) is 15.2 Å². The van der Waals surface area contributed by atoms with Gasteiger partial charge in [0, 0.05) is 10.2 Å². The summed E-state index contributed by atoms with van der Waals surface area (Å²) in [7, 11) is 0. The van der Waals surface area contributed by atoms with E-state index in [0.29, 0.717) is 17.5 Å². The molecule has 0 aliphatic rings. The fraction of sp³-hybridized carbons (Fsp3) is 0. The molecular formula is C15H11BrFN5. The summed E-state index contributed by atoms with van der Waals surface area (Å²) in [6.07, 6.45) is 1.43. The minimum absolute atomic E-state index is 0.323. The van der Waals surface area contributed by atoms with Crippen LogP contribution in [0.4, 0.5) is 27.5 Å². The third-order valence-electron chi connectivity index (χ3n) is 2.80. The third kappa shape index (κ3) is 3.56. The van der Waals surface area contributed by atoms with Gasteiger partial charge in [-0.3, -0.25) is 0 Å². The highest BCUT2D eigenvalue weighted by atomic mass is 79.9. The highest BCUT2D eigenvalue weighted by Crippen LogP contribution is 2.20. The summed E-state index contributed by atoms with van der Waals surface area (Å²) in [5.74, 6) is 0.368. The van der Waals surface area contributed by atoms with Crippen LogP contribution in [-0.2, 0) is 0 Å². The van der Waals surface area contributed by atoms with E-state index < -0.39 is 0 Å². The lowest BCUT2D eigenvalue weighted by Gasteiger charge is -2.08. The van der Waals surface area contributed by atoms with Gasteiger partial charge in [-0.25, -0.2) is 4.39 Å². The minimum Gasteiger partial charge on any atom is -0.336 e. The first-order valence-electron chi connectivity index (χ1n) is 6.44. The van der Waals surface area contributed by atoms with E-state index >= 15 is 0 Å². The van der Waals surface area contributed by atoms with Crippen LogP contribution in [-0.4, -0.2) is 15.2 Å². The van der Waals surface area contributed by atoms with E-state index in [0.717, 1.165) is 10.2 Å². The zero-order valence-corrected chi connectivity index (χ0v) is 12.9. The second-order valence-corrected chi connectivity index (χ2v) is 5.32. The summed E-state index contributed by atoms with van der Waals surface area (Å²) in [6, 6.07) is 13.9. The van der Waals surface area contributed by atoms with Gasteiger partial charge in [-0.05, 0) is 36.4 Å². The van der Waals surface area contributed by atoms with Gasteiger partial charge in [-0.2, -0.15) is 10.1 Å². The Bertz CT molecular complexity index is 779. The number of aromatic nitrogens is 3. The zero-order valence-electron chi connectivity index (χ0n) is 11.3. The molecule has 22 heavy (non-hydrogen) atoms. The number of benzene rings is 2. The van der Waals surface area contributed by atoms with Crippen molar-refractivity contribution in [3.8, 4) is 0 Å². The molecule has 3 aromatic rings. The van der Waals surface area contributed by atoms with Crippen LogP contribution < -0.4 is 10.6 Å². The van der Waals surface area contributed by atoms with Crippen LogP contribution in [0.15, 0.2) is 59.2 Å². The average Bonchev–Trinajstić information content (AvgIpc) is 2.52. The third-order valence-corrected chi connectivity index (χ3v) is 3.32. The summed E-state index contributed by atoms with van der Waals surface area (Å²) in [6.45, 7) is 0. The van der Waals surface area contributed by atoms with Crippen molar-refractivity contribution in [3.05, 3.63) is 65.0 Å². The Morgan fingerprint density at radius 3 is 2.50 bits per heavy atom. The fourth-order valence-electron chi connectivity index (χ4n) is 1.78. The minimum atomic E-state index is -0.358. The van der Waals surface area contributed by atoms with E-state index in [-0.39, 0.29) is 5.82 Å².